The summed E-state index contributed by atoms with van der Waals surface area (Å²) < 4.78 is 7.54. The van der Waals surface area contributed by atoms with Crippen LogP contribution in [0.4, 0.5) is 11.6 Å². The van der Waals surface area contributed by atoms with E-state index in [2.05, 4.69) is 39.5 Å². The van der Waals surface area contributed by atoms with Gasteiger partial charge < -0.3 is 15.0 Å². The molecule has 0 unspecified atom stereocenters. The highest BCUT2D eigenvalue weighted by molar-refractivity contribution is 7.99. The van der Waals surface area contributed by atoms with Gasteiger partial charge in [0.1, 0.15) is 0 Å². The molecule has 2 aliphatic heterocycles. The minimum Gasteiger partial charge on any atom is -0.378 e. The molecule has 1 N–H and O–H groups in total. The molecule has 3 aromatic rings. The maximum atomic E-state index is 12.9. The van der Waals surface area contributed by atoms with Crippen LogP contribution in [0.15, 0.2) is 47.6 Å². The minimum atomic E-state index is -0.0398. The second kappa shape index (κ2) is 9.36. The molecule has 2 aromatic carbocycles. The van der Waals surface area contributed by atoms with E-state index < -0.39 is 0 Å². The van der Waals surface area contributed by atoms with E-state index in [1.165, 1.54) is 17.3 Å². The average molecular weight is 464 g/mol. The van der Waals surface area contributed by atoms with E-state index in [0.29, 0.717) is 30.4 Å². The largest absolute Gasteiger partial charge is 0.378 e. The van der Waals surface area contributed by atoms with Gasteiger partial charge in [-0.25, -0.2) is 0 Å². The number of Topliss-reactive ketones (excluding diaryl/α,β-unsaturated/α-hetero) is 1. The monoisotopic (exact) mass is 463 g/mol. The smallest absolute Gasteiger partial charge is 0.232 e. The van der Waals surface area contributed by atoms with Crippen LogP contribution in [0.5, 0.6) is 0 Å². The number of carbonyl (C=O) groups excluding carboxylic acids is 2. The van der Waals surface area contributed by atoms with Gasteiger partial charge in [0.15, 0.2) is 10.9 Å². The molecule has 0 radical (unpaired) electrons. The Bertz CT molecular complexity index is 1200. The molecule has 33 heavy (non-hydrogen) atoms. The summed E-state index contributed by atoms with van der Waals surface area (Å²) >= 11 is 1.38. The molecular formula is C24H25N5O3S. The van der Waals surface area contributed by atoms with Crippen LogP contribution in [0.2, 0.25) is 0 Å². The Balaban J connectivity index is 1.40. The number of thioether (sulfide) groups is 1. The van der Waals surface area contributed by atoms with Gasteiger partial charge in [-0.2, -0.15) is 0 Å². The number of benzene rings is 2. The third kappa shape index (κ3) is 4.51. The Morgan fingerprint density at radius 3 is 2.82 bits per heavy atom. The maximum Gasteiger partial charge on any atom is 0.232 e. The van der Waals surface area contributed by atoms with Crippen molar-refractivity contribution in [1.29, 1.82) is 0 Å². The number of hydrogen-bond acceptors (Lipinski definition) is 7. The van der Waals surface area contributed by atoms with Crippen molar-refractivity contribution < 1.29 is 14.3 Å². The first-order valence-electron chi connectivity index (χ1n) is 11.1. The van der Waals surface area contributed by atoms with Crippen molar-refractivity contribution in [2.24, 2.45) is 0 Å². The number of carbonyl (C=O) groups is 2. The zero-order valence-electron chi connectivity index (χ0n) is 18.4. The Hall–Kier alpha value is -3.17. The minimum absolute atomic E-state index is 0.00747. The molecule has 9 heteroatoms. The quantitative estimate of drug-likeness (QED) is 0.425. The zero-order chi connectivity index (χ0) is 22.8. The first-order chi connectivity index (χ1) is 16.1. The van der Waals surface area contributed by atoms with Gasteiger partial charge in [-0.3, -0.25) is 14.2 Å². The van der Waals surface area contributed by atoms with Crippen molar-refractivity contribution in [2.45, 2.75) is 24.9 Å². The van der Waals surface area contributed by atoms with Gasteiger partial charge in [-0.05, 0) is 47.9 Å². The molecule has 0 aliphatic carbocycles. The maximum absolute atomic E-state index is 12.9. The van der Waals surface area contributed by atoms with E-state index in [4.69, 9.17) is 4.74 Å². The lowest BCUT2D eigenvalue weighted by Gasteiger charge is -2.28. The fourth-order valence-corrected chi connectivity index (χ4v) is 4.92. The van der Waals surface area contributed by atoms with E-state index in [-0.39, 0.29) is 17.4 Å². The molecule has 0 atom stereocenters. The molecular weight excluding hydrogens is 438 g/mol. The van der Waals surface area contributed by atoms with E-state index in [0.717, 1.165) is 42.4 Å². The lowest BCUT2D eigenvalue weighted by Crippen LogP contribution is -2.37. The number of nitrogens with zero attached hydrogens (tertiary/aromatic N) is 4. The summed E-state index contributed by atoms with van der Waals surface area (Å²) in [6, 6.07) is 13.7. The summed E-state index contributed by atoms with van der Waals surface area (Å²) in [5.74, 6) is 0.951. The summed E-state index contributed by atoms with van der Waals surface area (Å²) in [4.78, 5) is 26.7. The van der Waals surface area contributed by atoms with Crippen molar-refractivity contribution in [1.82, 2.24) is 14.8 Å². The third-order valence-electron chi connectivity index (χ3n) is 5.87. The molecule has 2 aliphatic rings. The van der Waals surface area contributed by atoms with E-state index in [1.807, 2.05) is 22.8 Å². The Kier molecular flexibility index (Phi) is 6.15. The second-order valence-corrected chi connectivity index (χ2v) is 8.99. The van der Waals surface area contributed by atoms with Crippen molar-refractivity contribution in [3.63, 3.8) is 0 Å². The summed E-state index contributed by atoms with van der Waals surface area (Å²) in [7, 11) is 0. The van der Waals surface area contributed by atoms with E-state index in [1.54, 1.807) is 12.1 Å². The number of ether oxygens (including phenoxy) is 1. The van der Waals surface area contributed by atoms with Gasteiger partial charge in [-0.15, -0.1) is 10.2 Å². The van der Waals surface area contributed by atoms with Gasteiger partial charge in [-0.1, -0.05) is 30.8 Å². The molecule has 1 fully saturated rings. The van der Waals surface area contributed by atoms with Crippen LogP contribution in [0.1, 0.15) is 28.4 Å². The normalized spacial score (nSPS) is 15.4. The van der Waals surface area contributed by atoms with Crippen molar-refractivity contribution in [3.05, 3.63) is 59.2 Å². The number of ketones is 1. The molecule has 0 saturated carbocycles. The molecule has 3 heterocycles. The molecule has 1 amide bonds. The highest BCUT2D eigenvalue weighted by atomic mass is 32.2. The number of nitrogens with one attached hydrogen (secondary N) is 1. The highest BCUT2D eigenvalue weighted by Gasteiger charge is 2.23. The van der Waals surface area contributed by atoms with Crippen LogP contribution in [0, 0.1) is 0 Å². The zero-order valence-corrected chi connectivity index (χ0v) is 19.2. The van der Waals surface area contributed by atoms with E-state index >= 15 is 0 Å². The predicted octanol–water partition coefficient (Wildman–Crippen LogP) is 3.14. The Morgan fingerprint density at radius 1 is 1.15 bits per heavy atom. The summed E-state index contributed by atoms with van der Waals surface area (Å²) in [6.07, 6.45) is 1.24. The van der Waals surface area contributed by atoms with Crippen LogP contribution in [0.25, 0.3) is 5.69 Å². The fraction of sp³-hybridized carbons (Fsp3) is 0.333. The van der Waals surface area contributed by atoms with Gasteiger partial charge in [0.25, 0.3) is 0 Å². The first-order valence-corrected chi connectivity index (χ1v) is 12.1. The average Bonchev–Trinajstić information content (AvgIpc) is 3.45. The van der Waals surface area contributed by atoms with Crippen molar-refractivity contribution >= 4 is 35.1 Å². The topological polar surface area (TPSA) is 89.3 Å². The van der Waals surface area contributed by atoms with Crippen molar-refractivity contribution in [3.8, 4) is 5.69 Å². The number of morpholine rings is 1. The Labute approximate surface area is 196 Å². The number of amides is 1. The second-order valence-electron chi connectivity index (χ2n) is 8.05. The molecule has 0 bridgehead atoms. The van der Waals surface area contributed by atoms with Gasteiger partial charge >= 0.3 is 0 Å². The summed E-state index contributed by atoms with van der Waals surface area (Å²) in [5, 5.41) is 12.4. The van der Waals surface area contributed by atoms with Crippen LogP contribution < -0.4 is 10.2 Å². The van der Waals surface area contributed by atoms with Crippen LogP contribution >= 0.6 is 11.8 Å². The third-order valence-corrected chi connectivity index (χ3v) is 6.80. The lowest BCUT2D eigenvalue weighted by molar-refractivity contribution is -0.115. The first kappa shape index (κ1) is 21.7. The van der Waals surface area contributed by atoms with Crippen LogP contribution in [-0.2, 0) is 22.4 Å². The molecule has 0 spiro atoms. The SMILES string of the molecule is CCc1cccc(-n2c(SCC(=O)c3ccc4c(c3)CC(=O)N4)nnc2N2CCOCC2)c1. The number of hydrogen-bond donors (Lipinski definition) is 1. The molecule has 5 rings (SSSR count). The lowest BCUT2D eigenvalue weighted by atomic mass is 10.1. The predicted molar refractivity (Wildman–Crippen MR) is 128 cm³/mol. The fourth-order valence-electron chi connectivity index (χ4n) is 4.08. The number of rotatable bonds is 7. The van der Waals surface area contributed by atoms with Gasteiger partial charge in [0, 0.05) is 24.3 Å². The Morgan fingerprint density at radius 2 is 2.00 bits per heavy atom. The molecule has 170 valence electrons. The number of aryl methyl sites for hydroxylation is 1. The molecule has 1 saturated heterocycles. The van der Waals surface area contributed by atoms with E-state index in [9.17, 15) is 9.59 Å². The van der Waals surface area contributed by atoms with Gasteiger partial charge in [0.05, 0.1) is 31.1 Å². The number of aromatic nitrogens is 3. The van der Waals surface area contributed by atoms with Gasteiger partial charge in [0.2, 0.25) is 11.9 Å². The number of fused-ring (bicyclic) bond motifs is 1. The highest BCUT2D eigenvalue weighted by Crippen LogP contribution is 2.29. The van der Waals surface area contributed by atoms with Crippen molar-refractivity contribution in [2.75, 3.05) is 42.3 Å². The number of anilines is 2. The molecule has 8 nitrogen and oxygen atoms in total. The van der Waals surface area contributed by atoms with Crippen LogP contribution in [-0.4, -0.2) is 58.5 Å². The standard InChI is InChI=1S/C24H25N5O3S/c1-2-16-4-3-5-19(12-16)29-23(28-8-10-32-11-9-28)26-27-24(29)33-15-21(30)17-6-7-20-18(13-17)14-22(31)25-20/h3-7,12-13H,2,8-11,14-15H2,1H3,(H,25,31). The van der Waals surface area contributed by atoms with Crippen LogP contribution in [0.3, 0.4) is 0 Å². The molecule has 1 aromatic heterocycles. The summed E-state index contributed by atoms with van der Waals surface area (Å²) in [6.45, 7) is 4.92. The summed E-state index contributed by atoms with van der Waals surface area (Å²) in [5.41, 5.74) is 4.46.